The molecule has 1 aromatic carbocycles. The molecule has 25 heavy (non-hydrogen) atoms. The van der Waals surface area contributed by atoms with Crippen LogP contribution in [0.5, 0.6) is 6.01 Å². The molecule has 2 heterocycles. The molecular formula is C18H19ClFN3O2. The third kappa shape index (κ3) is 5.13. The van der Waals surface area contributed by atoms with Crippen molar-refractivity contribution < 1.29 is 13.9 Å². The van der Waals surface area contributed by atoms with Crippen LogP contribution in [0.3, 0.4) is 0 Å². The van der Waals surface area contributed by atoms with Crippen LogP contribution in [-0.2, 0) is 11.2 Å². The molecule has 2 aromatic rings. The van der Waals surface area contributed by atoms with Crippen molar-refractivity contribution in [2.75, 3.05) is 13.1 Å². The van der Waals surface area contributed by atoms with Crippen LogP contribution in [-0.4, -0.2) is 40.0 Å². The first-order chi connectivity index (χ1) is 12.1. The number of carbonyl (C=O) groups is 1. The van der Waals surface area contributed by atoms with Crippen LogP contribution in [0.2, 0.25) is 5.02 Å². The molecule has 0 spiro atoms. The summed E-state index contributed by atoms with van der Waals surface area (Å²) < 4.78 is 18.5. The number of aryl methyl sites for hydroxylation is 1. The monoisotopic (exact) mass is 363 g/mol. The molecule has 1 aromatic heterocycles. The zero-order valence-corrected chi connectivity index (χ0v) is 14.5. The van der Waals surface area contributed by atoms with Crippen molar-refractivity contribution >= 4 is 17.5 Å². The van der Waals surface area contributed by atoms with Gasteiger partial charge in [0.25, 0.3) is 0 Å². The van der Waals surface area contributed by atoms with Crippen LogP contribution in [0.15, 0.2) is 36.7 Å². The van der Waals surface area contributed by atoms with Crippen molar-refractivity contribution in [2.24, 2.45) is 0 Å². The number of nitrogens with zero attached hydrogens (tertiary/aromatic N) is 3. The fourth-order valence-electron chi connectivity index (χ4n) is 2.87. The van der Waals surface area contributed by atoms with Gasteiger partial charge in [0.2, 0.25) is 5.91 Å². The Bertz CT molecular complexity index is 727. The van der Waals surface area contributed by atoms with Gasteiger partial charge in [-0.1, -0.05) is 23.7 Å². The van der Waals surface area contributed by atoms with Crippen molar-refractivity contribution in [2.45, 2.75) is 31.8 Å². The molecule has 1 saturated heterocycles. The Balaban J connectivity index is 1.51. The van der Waals surface area contributed by atoms with Gasteiger partial charge in [-0.3, -0.25) is 4.79 Å². The van der Waals surface area contributed by atoms with Crippen molar-refractivity contribution in [3.8, 4) is 6.01 Å². The van der Waals surface area contributed by atoms with Gasteiger partial charge in [-0.15, -0.1) is 0 Å². The van der Waals surface area contributed by atoms with Gasteiger partial charge in [0.15, 0.2) is 5.82 Å². The Labute approximate surface area is 150 Å². The summed E-state index contributed by atoms with van der Waals surface area (Å²) in [6, 6.07) is 7.68. The highest BCUT2D eigenvalue weighted by atomic mass is 35.5. The fourth-order valence-corrected chi connectivity index (χ4v) is 3.09. The van der Waals surface area contributed by atoms with Crippen LogP contribution in [0, 0.1) is 5.82 Å². The standard InChI is InChI=1S/C18H19ClFN3O2/c19-14-4-1-3-13(9-14)6-7-17(24)23-8-2-5-16(12-23)25-18-21-10-15(20)11-22-18/h1,3-4,9-11,16H,2,5-8,12H2. The Morgan fingerprint density at radius 1 is 1.36 bits per heavy atom. The van der Waals surface area contributed by atoms with Gasteiger partial charge in [-0.25, -0.2) is 14.4 Å². The average molecular weight is 364 g/mol. The topological polar surface area (TPSA) is 55.3 Å². The predicted molar refractivity (Wildman–Crippen MR) is 92.0 cm³/mol. The van der Waals surface area contributed by atoms with Crippen molar-refractivity contribution in [3.05, 3.63) is 53.1 Å². The third-order valence-electron chi connectivity index (χ3n) is 4.12. The molecule has 0 aliphatic carbocycles. The highest BCUT2D eigenvalue weighted by Crippen LogP contribution is 2.17. The summed E-state index contributed by atoms with van der Waals surface area (Å²) in [4.78, 5) is 21.9. The van der Waals surface area contributed by atoms with E-state index in [9.17, 15) is 9.18 Å². The highest BCUT2D eigenvalue weighted by molar-refractivity contribution is 6.30. The summed E-state index contributed by atoms with van der Waals surface area (Å²) in [5.41, 5.74) is 1.05. The normalized spacial score (nSPS) is 17.4. The smallest absolute Gasteiger partial charge is 0.316 e. The van der Waals surface area contributed by atoms with Crippen LogP contribution < -0.4 is 4.74 Å². The fraction of sp³-hybridized carbons (Fsp3) is 0.389. The zero-order chi connectivity index (χ0) is 17.6. The number of hydrogen-bond acceptors (Lipinski definition) is 4. The van der Waals surface area contributed by atoms with Crippen molar-refractivity contribution in [1.82, 2.24) is 14.9 Å². The van der Waals surface area contributed by atoms with E-state index < -0.39 is 5.82 Å². The van der Waals surface area contributed by atoms with E-state index in [-0.39, 0.29) is 18.0 Å². The summed E-state index contributed by atoms with van der Waals surface area (Å²) in [5, 5.41) is 0.677. The average Bonchev–Trinajstić information content (AvgIpc) is 2.62. The minimum absolute atomic E-state index is 0.0910. The molecular weight excluding hydrogens is 345 g/mol. The van der Waals surface area contributed by atoms with Crippen molar-refractivity contribution in [3.63, 3.8) is 0 Å². The maximum absolute atomic E-state index is 12.8. The van der Waals surface area contributed by atoms with Crippen LogP contribution in [0.4, 0.5) is 4.39 Å². The van der Waals surface area contributed by atoms with E-state index >= 15 is 0 Å². The number of halogens is 2. The van der Waals surface area contributed by atoms with Gasteiger partial charge >= 0.3 is 6.01 Å². The van der Waals surface area contributed by atoms with Gasteiger partial charge in [-0.05, 0) is 37.0 Å². The maximum atomic E-state index is 12.8. The molecule has 1 aliphatic heterocycles. The number of benzene rings is 1. The molecule has 1 atom stereocenters. The Morgan fingerprint density at radius 3 is 2.92 bits per heavy atom. The number of aromatic nitrogens is 2. The highest BCUT2D eigenvalue weighted by Gasteiger charge is 2.25. The lowest BCUT2D eigenvalue weighted by molar-refractivity contribution is -0.133. The predicted octanol–water partition coefficient (Wildman–Crippen LogP) is 3.27. The van der Waals surface area contributed by atoms with E-state index in [0.29, 0.717) is 24.4 Å². The molecule has 0 bridgehead atoms. The molecule has 3 rings (SSSR count). The van der Waals surface area contributed by atoms with E-state index in [2.05, 4.69) is 9.97 Å². The number of rotatable bonds is 5. The quantitative estimate of drug-likeness (QED) is 0.818. The first kappa shape index (κ1) is 17.6. The van der Waals surface area contributed by atoms with Crippen LogP contribution >= 0.6 is 11.6 Å². The summed E-state index contributed by atoms with van der Waals surface area (Å²) in [7, 11) is 0. The number of carbonyl (C=O) groups excluding carboxylic acids is 1. The summed E-state index contributed by atoms with van der Waals surface area (Å²) in [6.45, 7) is 1.22. The Morgan fingerprint density at radius 2 is 2.16 bits per heavy atom. The van der Waals surface area contributed by atoms with Gasteiger partial charge in [-0.2, -0.15) is 0 Å². The molecule has 132 valence electrons. The van der Waals surface area contributed by atoms with Gasteiger partial charge < -0.3 is 9.64 Å². The van der Waals surface area contributed by atoms with Crippen LogP contribution in [0.1, 0.15) is 24.8 Å². The number of hydrogen-bond donors (Lipinski definition) is 0. The molecule has 1 unspecified atom stereocenters. The minimum Gasteiger partial charge on any atom is -0.458 e. The largest absolute Gasteiger partial charge is 0.458 e. The summed E-state index contributed by atoms with van der Waals surface area (Å²) in [6.07, 6.45) is 4.73. The molecule has 7 heteroatoms. The Kier molecular flexibility index (Phi) is 5.81. The number of ether oxygens (including phenoxy) is 1. The lowest BCUT2D eigenvalue weighted by Crippen LogP contribution is -2.44. The second-order valence-electron chi connectivity index (χ2n) is 6.04. The summed E-state index contributed by atoms with van der Waals surface area (Å²) >= 11 is 5.97. The van der Waals surface area contributed by atoms with Gasteiger partial charge in [0.05, 0.1) is 18.9 Å². The zero-order valence-electron chi connectivity index (χ0n) is 13.7. The Hall–Kier alpha value is -2.21. The van der Waals surface area contributed by atoms with E-state index in [0.717, 1.165) is 37.3 Å². The van der Waals surface area contributed by atoms with E-state index in [1.54, 1.807) is 0 Å². The third-order valence-corrected chi connectivity index (χ3v) is 4.35. The molecule has 1 aliphatic rings. The van der Waals surface area contributed by atoms with E-state index in [1.807, 2.05) is 29.2 Å². The molecule has 0 N–H and O–H groups in total. The lowest BCUT2D eigenvalue weighted by atomic mass is 10.1. The molecule has 1 amide bonds. The number of amides is 1. The first-order valence-electron chi connectivity index (χ1n) is 8.26. The number of likely N-dealkylation sites (tertiary alicyclic amines) is 1. The van der Waals surface area contributed by atoms with Gasteiger partial charge in [0, 0.05) is 18.0 Å². The van der Waals surface area contributed by atoms with Gasteiger partial charge in [0.1, 0.15) is 6.10 Å². The molecule has 5 nitrogen and oxygen atoms in total. The first-order valence-corrected chi connectivity index (χ1v) is 8.64. The van der Waals surface area contributed by atoms with E-state index in [4.69, 9.17) is 16.3 Å². The summed E-state index contributed by atoms with van der Waals surface area (Å²) in [5.74, 6) is -0.415. The molecule has 1 fully saturated rings. The second kappa shape index (κ2) is 8.25. The van der Waals surface area contributed by atoms with Crippen LogP contribution in [0.25, 0.3) is 0 Å². The van der Waals surface area contributed by atoms with Crippen molar-refractivity contribution in [1.29, 1.82) is 0 Å². The molecule has 0 saturated carbocycles. The maximum Gasteiger partial charge on any atom is 0.316 e. The minimum atomic E-state index is -0.506. The SMILES string of the molecule is O=C(CCc1cccc(Cl)c1)N1CCCC(Oc2ncc(F)cn2)C1. The molecule has 0 radical (unpaired) electrons. The number of piperidine rings is 1. The lowest BCUT2D eigenvalue weighted by Gasteiger charge is -2.32. The van der Waals surface area contributed by atoms with E-state index in [1.165, 1.54) is 0 Å². The second-order valence-corrected chi connectivity index (χ2v) is 6.47.